The molecule has 2 rings (SSSR count). The minimum Gasteiger partial charge on any atom is -0.349 e. The number of amides is 1. The van der Waals surface area contributed by atoms with Crippen LogP contribution in [0, 0.1) is 6.92 Å². The van der Waals surface area contributed by atoms with E-state index in [2.05, 4.69) is 5.32 Å². The molecule has 0 radical (unpaired) electrons. The number of alkyl halides is 3. The number of benzene rings is 1. The number of nitrogens with zero attached hydrogens (tertiary/aromatic N) is 1. The van der Waals surface area contributed by atoms with Crippen LogP contribution in [-0.2, 0) is 0 Å². The van der Waals surface area contributed by atoms with E-state index in [-0.39, 0.29) is 11.9 Å². The fourth-order valence-electron chi connectivity index (χ4n) is 2.61. The molecule has 1 saturated heterocycles. The van der Waals surface area contributed by atoms with Gasteiger partial charge in [0.15, 0.2) is 0 Å². The van der Waals surface area contributed by atoms with Crippen molar-refractivity contribution in [2.45, 2.75) is 32.0 Å². The molecule has 1 N–H and O–H groups in total. The Morgan fingerprint density at radius 3 is 2.59 bits per heavy atom. The Morgan fingerprint density at radius 2 is 2.00 bits per heavy atom. The molecule has 0 unspecified atom stereocenters. The molecule has 0 aromatic heterocycles. The van der Waals surface area contributed by atoms with Crippen molar-refractivity contribution in [3.05, 3.63) is 34.3 Å². The number of carbonyl (C=O) groups excluding carboxylic acids is 1. The summed E-state index contributed by atoms with van der Waals surface area (Å²) >= 11 is 5.99. The zero-order valence-electron chi connectivity index (χ0n) is 12.2. The Bertz CT molecular complexity index is 540. The minimum atomic E-state index is -4.17. The first kappa shape index (κ1) is 17.1. The molecule has 1 aromatic carbocycles. The lowest BCUT2D eigenvalue weighted by Gasteiger charge is -2.32. The summed E-state index contributed by atoms with van der Waals surface area (Å²) in [5, 5.41) is 3.40. The monoisotopic (exact) mass is 334 g/mol. The smallest absolute Gasteiger partial charge is 0.349 e. The second-order valence-electron chi connectivity index (χ2n) is 5.55. The van der Waals surface area contributed by atoms with Gasteiger partial charge in [0, 0.05) is 29.7 Å². The molecule has 122 valence electrons. The van der Waals surface area contributed by atoms with Crippen molar-refractivity contribution in [3.8, 4) is 0 Å². The molecule has 0 atom stereocenters. The molecule has 3 nitrogen and oxygen atoms in total. The van der Waals surface area contributed by atoms with Crippen LogP contribution in [0.25, 0.3) is 0 Å². The van der Waals surface area contributed by atoms with Gasteiger partial charge in [-0.1, -0.05) is 17.7 Å². The second-order valence-corrected chi connectivity index (χ2v) is 5.96. The van der Waals surface area contributed by atoms with E-state index in [1.54, 1.807) is 25.1 Å². The molecule has 1 amide bonds. The average Bonchev–Trinajstić information content (AvgIpc) is 2.42. The van der Waals surface area contributed by atoms with Gasteiger partial charge in [-0.05, 0) is 37.5 Å². The molecule has 0 spiro atoms. The van der Waals surface area contributed by atoms with Gasteiger partial charge in [-0.15, -0.1) is 0 Å². The Hall–Kier alpha value is -1.27. The first-order valence-corrected chi connectivity index (χ1v) is 7.49. The number of rotatable bonds is 3. The summed E-state index contributed by atoms with van der Waals surface area (Å²) in [4.78, 5) is 13.6. The highest BCUT2D eigenvalue weighted by molar-refractivity contribution is 6.31. The fraction of sp³-hybridized carbons (Fsp3) is 0.533. The maximum Gasteiger partial charge on any atom is 0.401 e. The van der Waals surface area contributed by atoms with Crippen LogP contribution in [0.15, 0.2) is 18.2 Å². The molecule has 1 aliphatic heterocycles. The van der Waals surface area contributed by atoms with Crippen molar-refractivity contribution in [1.82, 2.24) is 10.2 Å². The normalized spacial score (nSPS) is 17.5. The highest BCUT2D eigenvalue weighted by atomic mass is 35.5. The number of nitrogens with one attached hydrogen (secondary N) is 1. The van der Waals surface area contributed by atoms with E-state index < -0.39 is 12.7 Å². The van der Waals surface area contributed by atoms with Gasteiger partial charge in [0.25, 0.3) is 5.91 Å². The van der Waals surface area contributed by atoms with Gasteiger partial charge in [-0.25, -0.2) is 0 Å². The van der Waals surface area contributed by atoms with Crippen LogP contribution in [0.3, 0.4) is 0 Å². The van der Waals surface area contributed by atoms with E-state index in [0.29, 0.717) is 42.1 Å². The van der Waals surface area contributed by atoms with Crippen LogP contribution >= 0.6 is 11.6 Å². The summed E-state index contributed by atoms with van der Waals surface area (Å²) in [5.74, 6) is -0.228. The topological polar surface area (TPSA) is 32.3 Å². The lowest BCUT2D eigenvalue weighted by molar-refractivity contribution is -0.148. The third kappa shape index (κ3) is 4.61. The number of likely N-dealkylation sites (tertiary alicyclic amines) is 1. The number of hydrogen-bond acceptors (Lipinski definition) is 2. The van der Waals surface area contributed by atoms with E-state index in [4.69, 9.17) is 11.6 Å². The molecule has 0 saturated carbocycles. The van der Waals surface area contributed by atoms with Crippen molar-refractivity contribution >= 4 is 17.5 Å². The predicted molar refractivity (Wildman–Crippen MR) is 79.2 cm³/mol. The summed E-state index contributed by atoms with van der Waals surface area (Å²) < 4.78 is 37.0. The Balaban J connectivity index is 1.88. The molecule has 0 aliphatic carbocycles. The van der Waals surface area contributed by atoms with Crippen LogP contribution < -0.4 is 5.32 Å². The zero-order valence-corrected chi connectivity index (χ0v) is 13.0. The molecule has 1 aliphatic rings. The zero-order chi connectivity index (χ0) is 16.3. The van der Waals surface area contributed by atoms with Gasteiger partial charge in [0.05, 0.1) is 6.54 Å². The standard InChI is InChI=1S/C15H18ClF3N2O/c1-10-12(3-2-4-13(10)16)14(22)20-11-5-7-21(8-6-11)9-15(17,18)19/h2-4,11H,5-9H2,1H3,(H,20,22). The second kappa shape index (κ2) is 6.87. The van der Waals surface area contributed by atoms with Crippen molar-refractivity contribution in [1.29, 1.82) is 0 Å². The summed E-state index contributed by atoms with van der Waals surface area (Å²) in [6.07, 6.45) is -3.14. The maximum atomic E-state index is 12.3. The highest BCUT2D eigenvalue weighted by Gasteiger charge is 2.32. The Morgan fingerprint density at radius 1 is 1.36 bits per heavy atom. The molecule has 1 heterocycles. The van der Waals surface area contributed by atoms with Gasteiger partial charge in [0.1, 0.15) is 0 Å². The van der Waals surface area contributed by atoms with E-state index in [0.717, 1.165) is 0 Å². The van der Waals surface area contributed by atoms with Crippen LogP contribution in [0.1, 0.15) is 28.8 Å². The summed E-state index contributed by atoms with van der Waals surface area (Å²) in [5.41, 5.74) is 1.21. The first-order chi connectivity index (χ1) is 10.3. The van der Waals surface area contributed by atoms with E-state index in [1.807, 2.05) is 0 Å². The van der Waals surface area contributed by atoms with Crippen LogP contribution in [-0.4, -0.2) is 42.7 Å². The average molecular weight is 335 g/mol. The maximum absolute atomic E-state index is 12.3. The van der Waals surface area contributed by atoms with Gasteiger partial charge in [0.2, 0.25) is 0 Å². The van der Waals surface area contributed by atoms with Gasteiger partial charge in [-0.2, -0.15) is 13.2 Å². The molecule has 22 heavy (non-hydrogen) atoms. The number of hydrogen-bond donors (Lipinski definition) is 1. The Kier molecular flexibility index (Phi) is 5.34. The van der Waals surface area contributed by atoms with Crippen molar-refractivity contribution in [2.75, 3.05) is 19.6 Å². The van der Waals surface area contributed by atoms with Gasteiger partial charge >= 0.3 is 6.18 Å². The molecule has 0 bridgehead atoms. The van der Waals surface area contributed by atoms with E-state index in [1.165, 1.54) is 4.90 Å². The lowest BCUT2D eigenvalue weighted by atomic mass is 10.0. The largest absolute Gasteiger partial charge is 0.401 e. The third-order valence-electron chi connectivity index (χ3n) is 3.84. The van der Waals surface area contributed by atoms with Gasteiger partial charge in [-0.3, -0.25) is 9.69 Å². The molecular weight excluding hydrogens is 317 g/mol. The van der Waals surface area contributed by atoms with Crippen molar-refractivity contribution in [2.24, 2.45) is 0 Å². The van der Waals surface area contributed by atoms with Crippen LogP contribution in [0.5, 0.6) is 0 Å². The number of carbonyl (C=O) groups is 1. The third-order valence-corrected chi connectivity index (χ3v) is 4.25. The van der Waals surface area contributed by atoms with Crippen molar-refractivity contribution < 1.29 is 18.0 Å². The SMILES string of the molecule is Cc1c(Cl)cccc1C(=O)NC1CCN(CC(F)(F)F)CC1. The lowest BCUT2D eigenvalue weighted by Crippen LogP contribution is -2.47. The molecular formula is C15H18ClF3N2O. The summed E-state index contributed by atoms with van der Waals surface area (Å²) in [7, 11) is 0. The predicted octanol–water partition coefficient (Wildman–Crippen LogP) is 3.40. The Labute approximate surface area is 132 Å². The fourth-order valence-corrected chi connectivity index (χ4v) is 2.78. The van der Waals surface area contributed by atoms with E-state index in [9.17, 15) is 18.0 Å². The minimum absolute atomic E-state index is 0.102. The highest BCUT2D eigenvalue weighted by Crippen LogP contribution is 2.21. The number of halogens is 4. The summed E-state index contributed by atoms with van der Waals surface area (Å²) in [6, 6.07) is 5.00. The molecule has 1 aromatic rings. The first-order valence-electron chi connectivity index (χ1n) is 7.11. The number of piperidine rings is 1. The quantitative estimate of drug-likeness (QED) is 0.918. The van der Waals surface area contributed by atoms with Crippen molar-refractivity contribution in [3.63, 3.8) is 0 Å². The van der Waals surface area contributed by atoms with Crippen LogP contribution in [0.2, 0.25) is 5.02 Å². The van der Waals surface area contributed by atoms with Gasteiger partial charge < -0.3 is 5.32 Å². The summed E-state index contributed by atoms with van der Waals surface area (Å²) in [6.45, 7) is 1.54. The van der Waals surface area contributed by atoms with Crippen LogP contribution in [0.4, 0.5) is 13.2 Å². The molecule has 7 heteroatoms. The molecule has 1 fully saturated rings. The van der Waals surface area contributed by atoms with E-state index >= 15 is 0 Å².